The van der Waals surface area contributed by atoms with Gasteiger partial charge in [0.2, 0.25) is 0 Å². The fraction of sp³-hybridized carbons (Fsp3) is 0.462. The van der Waals surface area contributed by atoms with Crippen molar-refractivity contribution in [3.05, 3.63) is 33.8 Å². The van der Waals surface area contributed by atoms with E-state index in [1.54, 1.807) is 4.90 Å². The van der Waals surface area contributed by atoms with E-state index in [4.69, 9.17) is 5.11 Å². The van der Waals surface area contributed by atoms with Gasteiger partial charge in [-0.1, -0.05) is 6.07 Å². The molecule has 0 fully saturated rings. The third kappa shape index (κ3) is 3.82. The van der Waals surface area contributed by atoms with Gasteiger partial charge >= 0.3 is 0 Å². The number of halogens is 1. The minimum Gasteiger partial charge on any atom is -0.396 e. The average Bonchev–Trinajstić information content (AvgIpc) is 2.29. The molecule has 17 heavy (non-hydrogen) atoms. The van der Waals surface area contributed by atoms with Crippen LogP contribution in [0.2, 0.25) is 0 Å². The van der Waals surface area contributed by atoms with E-state index in [-0.39, 0.29) is 12.5 Å². The van der Waals surface area contributed by atoms with Crippen molar-refractivity contribution in [3.8, 4) is 0 Å². The third-order valence-electron chi connectivity index (χ3n) is 2.61. The number of hydrogen-bond acceptors (Lipinski definition) is 2. The van der Waals surface area contributed by atoms with Gasteiger partial charge in [0.1, 0.15) is 0 Å². The van der Waals surface area contributed by atoms with E-state index in [2.05, 4.69) is 15.9 Å². The summed E-state index contributed by atoms with van der Waals surface area (Å²) in [4.78, 5) is 14.0. The van der Waals surface area contributed by atoms with Gasteiger partial charge in [-0.2, -0.15) is 0 Å². The van der Waals surface area contributed by atoms with Gasteiger partial charge < -0.3 is 10.0 Å². The van der Waals surface area contributed by atoms with Gasteiger partial charge in [0, 0.05) is 24.2 Å². The molecule has 3 nitrogen and oxygen atoms in total. The normalized spacial score (nSPS) is 10.4. The monoisotopic (exact) mass is 299 g/mol. The van der Waals surface area contributed by atoms with E-state index >= 15 is 0 Å². The van der Waals surface area contributed by atoms with Crippen LogP contribution in [0.5, 0.6) is 0 Å². The first-order valence-corrected chi connectivity index (χ1v) is 6.55. The molecule has 1 N–H and O–H groups in total. The molecule has 0 heterocycles. The molecule has 0 aliphatic carbocycles. The van der Waals surface area contributed by atoms with E-state index in [0.717, 1.165) is 10.0 Å². The molecule has 0 radical (unpaired) electrons. The summed E-state index contributed by atoms with van der Waals surface area (Å²) in [5.74, 6) is 0.00725. The minimum atomic E-state index is 0.00725. The number of carbonyl (C=O) groups excluding carboxylic acids is 1. The summed E-state index contributed by atoms with van der Waals surface area (Å²) in [5, 5.41) is 8.81. The average molecular weight is 300 g/mol. The molecule has 0 unspecified atom stereocenters. The maximum Gasteiger partial charge on any atom is 0.254 e. The molecule has 4 heteroatoms. The van der Waals surface area contributed by atoms with Gasteiger partial charge in [-0.05, 0) is 53.9 Å². The van der Waals surface area contributed by atoms with E-state index in [1.807, 2.05) is 32.0 Å². The summed E-state index contributed by atoms with van der Waals surface area (Å²) in [6.45, 7) is 5.28. The summed E-state index contributed by atoms with van der Waals surface area (Å²) in [7, 11) is 0. The highest BCUT2D eigenvalue weighted by Crippen LogP contribution is 2.20. The van der Waals surface area contributed by atoms with Gasteiger partial charge in [0.15, 0.2) is 0 Å². The van der Waals surface area contributed by atoms with Gasteiger partial charge in [-0.25, -0.2) is 0 Å². The Hall–Kier alpha value is -0.870. The summed E-state index contributed by atoms with van der Waals surface area (Å²) in [6, 6.07) is 5.70. The SMILES string of the molecule is CCN(CCCO)C(=O)c1ccc(C)cc1Br. The number of carbonyl (C=O) groups is 1. The molecule has 94 valence electrons. The number of nitrogens with zero attached hydrogens (tertiary/aromatic N) is 1. The minimum absolute atomic E-state index is 0.00725. The van der Waals surface area contributed by atoms with Crippen LogP contribution in [-0.4, -0.2) is 35.6 Å². The van der Waals surface area contributed by atoms with Crippen molar-refractivity contribution in [1.82, 2.24) is 4.90 Å². The van der Waals surface area contributed by atoms with E-state index < -0.39 is 0 Å². The molecule has 0 aliphatic heterocycles. The van der Waals surface area contributed by atoms with Crippen LogP contribution >= 0.6 is 15.9 Å². The zero-order chi connectivity index (χ0) is 12.8. The molecule has 0 atom stereocenters. The van der Waals surface area contributed by atoms with E-state index in [0.29, 0.717) is 25.1 Å². The number of amides is 1. The first kappa shape index (κ1) is 14.2. The predicted molar refractivity (Wildman–Crippen MR) is 72.2 cm³/mol. The van der Waals surface area contributed by atoms with Gasteiger partial charge in [0.25, 0.3) is 5.91 Å². The molecule has 0 aliphatic rings. The highest BCUT2D eigenvalue weighted by molar-refractivity contribution is 9.10. The lowest BCUT2D eigenvalue weighted by Crippen LogP contribution is -2.32. The van der Waals surface area contributed by atoms with Crippen LogP contribution in [0, 0.1) is 6.92 Å². The van der Waals surface area contributed by atoms with Gasteiger partial charge in [-0.15, -0.1) is 0 Å². The number of aliphatic hydroxyl groups excluding tert-OH is 1. The highest BCUT2D eigenvalue weighted by Gasteiger charge is 2.16. The first-order chi connectivity index (χ1) is 8.10. The first-order valence-electron chi connectivity index (χ1n) is 5.76. The van der Waals surface area contributed by atoms with Crippen LogP contribution in [0.4, 0.5) is 0 Å². The largest absolute Gasteiger partial charge is 0.396 e. The van der Waals surface area contributed by atoms with Gasteiger partial charge in [-0.3, -0.25) is 4.79 Å². The number of aryl methyl sites for hydroxylation is 1. The third-order valence-corrected chi connectivity index (χ3v) is 3.27. The topological polar surface area (TPSA) is 40.5 Å². The van der Waals surface area contributed by atoms with Crippen molar-refractivity contribution in [3.63, 3.8) is 0 Å². The van der Waals surface area contributed by atoms with Crippen LogP contribution in [0.15, 0.2) is 22.7 Å². The van der Waals surface area contributed by atoms with E-state index in [9.17, 15) is 4.79 Å². The standard InChI is InChI=1S/C13H18BrNO2/c1-3-15(7-4-8-16)13(17)11-6-5-10(2)9-12(11)14/h5-6,9,16H,3-4,7-8H2,1-2H3. The maximum absolute atomic E-state index is 12.2. The molecule has 0 aromatic heterocycles. The van der Waals surface area contributed by atoms with Crippen molar-refractivity contribution < 1.29 is 9.90 Å². The summed E-state index contributed by atoms with van der Waals surface area (Å²) in [6.07, 6.45) is 0.614. The zero-order valence-electron chi connectivity index (χ0n) is 10.2. The van der Waals surface area contributed by atoms with Crippen molar-refractivity contribution in [2.45, 2.75) is 20.3 Å². The second-order valence-corrected chi connectivity index (χ2v) is 4.80. The fourth-order valence-electron chi connectivity index (χ4n) is 1.63. The molecule has 0 bridgehead atoms. The van der Waals surface area contributed by atoms with E-state index in [1.165, 1.54) is 0 Å². The van der Waals surface area contributed by atoms with Crippen LogP contribution in [-0.2, 0) is 0 Å². The van der Waals surface area contributed by atoms with Gasteiger partial charge in [0.05, 0.1) is 5.56 Å². The number of hydrogen-bond donors (Lipinski definition) is 1. The number of aliphatic hydroxyl groups is 1. The predicted octanol–water partition coefficient (Wildman–Crippen LogP) is 2.60. The lowest BCUT2D eigenvalue weighted by atomic mass is 10.1. The highest BCUT2D eigenvalue weighted by atomic mass is 79.9. The van der Waals surface area contributed by atoms with Crippen molar-refractivity contribution in [2.75, 3.05) is 19.7 Å². The quantitative estimate of drug-likeness (QED) is 0.908. The van der Waals surface area contributed by atoms with Crippen LogP contribution in [0.1, 0.15) is 29.3 Å². The lowest BCUT2D eigenvalue weighted by molar-refractivity contribution is 0.0753. The maximum atomic E-state index is 12.2. The molecule has 0 saturated heterocycles. The number of rotatable bonds is 5. The molecule has 1 aromatic carbocycles. The Kier molecular flexibility index (Phi) is 5.65. The second kappa shape index (κ2) is 6.77. The Bertz CT molecular complexity index is 393. The molecule has 0 saturated carbocycles. The Morgan fingerprint density at radius 2 is 2.18 bits per heavy atom. The Labute approximate surface area is 111 Å². The number of benzene rings is 1. The Balaban J connectivity index is 2.86. The van der Waals surface area contributed by atoms with Crippen LogP contribution in [0.25, 0.3) is 0 Å². The van der Waals surface area contributed by atoms with Crippen molar-refractivity contribution in [1.29, 1.82) is 0 Å². The van der Waals surface area contributed by atoms with Crippen LogP contribution < -0.4 is 0 Å². The van der Waals surface area contributed by atoms with Crippen LogP contribution in [0.3, 0.4) is 0 Å². The second-order valence-electron chi connectivity index (χ2n) is 3.95. The molecule has 1 rings (SSSR count). The molecule has 0 spiro atoms. The van der Waals surface area contributed by atoms with Crippen molar-refractivity contribution in [2.24, 2.45) is 0 Å². The molecule has 1 amide bonds. The lowest BCUT2D eigenvalue weighted by Gasteiger charge is -2.21. The summed E-state index contributed by atoms with van der Waals surface area (Å²) < 4.78 is 0.824. The van der Waals surface area contributed by atoms with Crippen molar-refractivity contribution >= 4 is 21.8 Å². The fourth-order valence-corrected chi connectivity index (χ4v) is 2.29. The molecular weight excluding hydrogens is 282 g/mol. The molecular formula is C13H18BrNO2. The smallest absolute Gasteiger partial charge is 0.254 e. The Morgan fingerprint density at radius 3 is 2.71 bits per heavy atom. The Morgan fingerprint density at radius 1 is 1.47 bits per heavy atom. The zero-order valence-corrected chi connectivity index (χ0v) is 11.8. The summed E-state index contributed by atoms with van der Waals surface area (Å²) >= 11 is 3.42. The summed E-state index contributed by atoms with van der Waals surface area (Å²) in [5.41, 5.74) is 1.79. The molecule has 1 aromatic rings.